The number of ether oxygens (including phenoxy) is 2. The van der Waals surface area contributed by atoms with Crippen molar-refractivity contribution in [1.29, 1.82) is 0 Å². The summed E-state index contributed by atoms with van der Waals surface area (Å²) in [6.45, 7) is 2.53. The zero-order chi connectivity index (χ0) is 14.4. The van der Waals surface area contributed by atoms with Crippen molar-refractivity contribution in [2.45, 2.75) is 26.0 Å². The number of methoxy groups -OCH3 is 1. The Balaban J connectivity index is 1.96. The van der Waals surface area contributed by atoms with E-state index >= 15 is 0 Å². The van der Waals surface area contributed by atoms with Crippen LogP contribution >= 0.6 is 0 Å². The summed E-state index contributed by atoms with van der Waals surface area (Å²) in [5.41, 5.74) is 7.87. The van der Waals surface area contributed by atoms with Crippen LogP contribution in [0.5, 0.6) is 11.5 Å². The van der Waals surface area contributed by atoms with Gasteiger partial charge < -0.3 is 15.2 Å². The number of hydrogen-bond acceptors (Lipinski definition) is 4. The van der Waals surface area contributed by atoms with Crippen molar-refractivity contribution in [3.8, 4) is 11.5 Å². The Morgan fingerprint density at radius 2 is 2.05 bits per heavy atom. The quantitative estimate of drug-likeness (QED) is 0.878. The van der Waals surface area contributed by atoms with Crippen LogP contribution in [0.1, 0.15) is 30.6 Å². The van der Waals surface area contributed by atoms with Gasteiger partial charge in [-0.25, -0.2) is 0 Å². The molecule has 0 aliphatic rings. The second-order valence-corrected chi connectivity index (χ2v) is 4.57. The molecular formula is C16H20N2O2. The third-order valence-corrected chi connectivity index (χ3v) is 3.12. The smallest absolute Gasteiger partial charge is 0.138 e. The first-order valence-corrected chi connectivity index (χ1v) is 6.70. The molecule has 1 heterocycles. The van der Waals surface area contributed by atoms with Gasteiger partial charge in [-0.05, 0) is 36.2 Å². The monoisotopic (exact) mass is 272 g/mol. The molecule has 2 rings (SSSR count). The maximum Gasteiger partial charge on any atom is 0.138 e. The number of hydrogen-bond donors (Lipinski definition) is 1. The fourth-order valence-corrected chi connectivity index (χ4v) is 1.83. The van der Waals surface area contributed by atoms with Crippen molar-refractivity contribution in [2.75, 3.05) is 7.11 Å². The van der Waals surface area contributed by atoms with Gasteiger partial charge in [0.15, 0.2) is 0 Å². The van der Waals surface area contributed by atoms with Gasteiger partial charge in [-0.15, -0.1) is 0 Å². The summed E-state index contributed by atoms with van der Waals surface area (Å²) in [6.07, 6.45) is 2.59. The van der Waals surface area contributed by atoms with Gasteiger partial charge in [0.2, 0.25) is 0 Å². The van der Waals surface area contributed by atoms with Crippen LogP contribution in [-0.4, -0.2) is 12.1 Å². The maximum atomic E-state index is 5.92. The zero-order valence-electron chi connectivity index (χ0n) is 11.9. The minimum absolute atomic E-state index is 0.0116. The van der Waals surface area contributed by atoms with E-state index < -0.39 is 0 Å². The normalized spacial score (nSPS) is 11.9. The molecule has 1 aromatic heterocycles. The van der Waals surface area contributed by atoms with Crippen LogP contribution in [0, 0.1) is 0 Å². The average Bonchev–Trinajstić information content (AvgIpc) is 2.53. The summed E-state index contributed by atoms with van der Waals surface area (Å²) in [4.78, 5) is 4.32. The van der Waals surface area contributed by atoms with Crippen molar-refractivity contribution in [3.05, 3.63) is 53.9 Å². The Morgan fingerprint density at radius 1 is 1.20 bits per heavy atom. The molecule has 4 nitrogen and oxygen atoms in total. The van der Waals surface area contributed by atoms with Crippen molar-refractivity contribution in [3.63, 3.8) is 0 Å². The Morgan fingerprint density at radius 3 is 2.70 bits per heavy atom. The first-order chi connectivity index (χ1) is 9.72. The molecule has 2 N–H and O–H groups in total. The molecule has 0 unspecified atom stereocenters. The van der Waals surface area contributed by atoms with E-state index in [2.05, 4.69) is 4.98 Å². The molecule has 0 radical (unpaired) electrons. The van der Waals surface area contributed by atoms with Gasteiger partial charge in [-0.3, -0.25) is 4.98 Å². The summed E-state index contributed by atoms with van der Waals surface area (Å²) in [6, 6.07) is 11.6. The molecule has 4 heteroatoms. The standard InChI is InChI=1S/C16H20N2O2/c1-3-15(17)16-8-7-14(10-18-16)20-11-12-5-4-6-13(9-12)19-2/h4-10,15H,3,11,17H2,1-2H3/t15-/m0/s1. The van der Waals surface area contributed by atoms with Crippen LogP contribution in [0.2, 0.25) is 0 Å². The number of nitrogens with zero attached hydrogens (tertiary/aromatic N) is 1. The van der Waals surface area contributed by atoms with Gasteiger partial charge in [0.25, 0.3) is 0 Å². The van der Waals surface area contributed by atoms with E-state index in [1.165, 1.54) is 0 Å². The molecule has 106 valence electrons. The second kappa shape index (κ2) is 6.91. The van der Waals surface area contributed by atoms with E-state index in [0.29, 0.717) is 6.61 Å². The van der Waals surface area contributed by atoms with Gasteiger partial charge in [0, 0.05) is 6.04 Å². The van der Waals surface area contributed by atoms with E-state index in [-0.39, 0.29) is 6.04 Å². The highest BCUT2D eigenvalue weighted by atomic mass is 16.5. The first-order valence-electron chi connectivity index (χ1n) is 6.70. The fourth-order valence-electron chi connectivity index (χ4n) is 1.83. The average molecular weight is 272 g/mol. The minimum Gasteiger partial charge on any atom is -0.497 e. The molecule has 0 amide bonds. The predicted molar refractivity (Wildman–Crippen MR) is 78.8 cm³/mol. The molecule has 0 saturated carbocycles. The SMILES string of the molecule is CC[C@H](N)c1ccc(OCc2cccc(OC)c2)cn1. The van der Waals surface area contributed by atoms with E-state index in [1.54, 1.807) is 13.3 Å². The summed E-state index contributed by atoms with van der Waals surface area (Å²) < 4.78 is 10.9. The van der Waals surface area contributed by atoms with Gasteiger partial charge in [0.1, 0.15) is 18.1 Å². The zero-order valence-corrected chi connectivity index (χ0v) is 11.9. The lowest BCUT2D eigenvalue weighted by atomic mass is 10.1. The van der Waals surface area contributed by atoms with Crippen LogP contribution in [0.25, 0.3) is 0 Å². The molecule has 20 heavy (non-hydrogen) atoms. The van der Waals surface area contributed by atoms with Gasteiger partial charge >= 0.3 is 0 Å². The van der Waals surface area contributed by atoms with E-state index in [1.807, 2.05) is 43.3 Å². The lowest BCUT2D eigenvalue weighted by Gasteiger charge is -2.10. The van der Waals surface area contributed by atoms with Crippen molar-refractivity contribution in [1.82, 2.24) is 4.98 Å². The lowest BCUT2D eigenvalue weighted by molar-refractivity contribution is 0.303. The Bertz CT molecular complexity index is 540. The summed E-state index contributed by atoms with van der Waals surface area (Å²) in [5.74, 6) is 1.56. The highest BCUT2D eigenvalue weighted by Crippen LogP contribution is 2.18. The Kier molecular flexibility index (Phi) is 4.96. The van der Waals surface area contributed by atoms with Gasteiger partial charge in [0.05, 0.1) is 19.0 Å². The largest absolute Gasteiger partial charge is 0.497 e. The van der Waals surface area contributed by atoms with Crippen molar-refractivity contribution < 1.29 is 9.47 Å². The highest BCUT2D eigenvalue weighted by molar-refractivity contribution is 5.29. The molecule has 0 aliphatic carbocycles. The molecule has 0 aliphatic heterocycles. The predicted octanol–water partition coefficient (Wildman–Crippen LogP) is 3.08. The van der Waals surface area contributed by atoms with Crippen LogP contribution < -0.4 is 15.2 Å². The summed E-state index contributed by atoms with van der Waals surface area (Å²) in [5, 5.41) is 0. The summed E-state index contributed by atoms with van der Waals surface area (Å²) >= 11 is 0. The molecule has 2 aromatic rings. The Labute approximate surface area is 119 Å². The third-order valence-electron chi connectivity index (χ3n) is 3.12. The van der Waals surface area contributed by atoms with Crippen LogP contribution in [0.3, 0.4) is 0 Å². The maximum absolute atomic E-state index is 5.92. The number of pyridine rings is 1. The van der Waals surface area contributed by atoms with E-state index in [4.69, 9.17) is 15.2 Å². The molecule has 0 fully saturated rings. The highest BCUT2D eigenvalue weighted by Gasteiger charge is 2.05. The van der Waals surface area contributed by atoms with E-state index in [0.717, 1.165) is 29.2 Å². The second-order valence-electron chi connectivity index (χ2n) is 4.57. The van der Waals surface area contributed by atoms with Crippen LogP contribution in [0.4, 0.5) is 0 Å². The number of aromatic nitrogens is 1. The topological polar surface area (TPSA) is 57.4 Å². The van der Waals surface area contributed by atoms with Crippen molar-refractivity contribution in [2.24, 2.45) is 5.73 Å². The molecule has 1 aromatic carbocycles. The molecule has 0 bridgehead atoms. The third kappa shape index (κ3) is 3.71. The molecule has 1 atom stereocenters. The Hall–Kier alpha value is -2.07. The first kappa shape index (κ1) is 14.3. The van der Waals surface area contributed by atoms with Crippen LogP contribution in [-0.2, 0) is 6.61 Å². The molecule has 0 spiro atoms. The number of rotatable bonds is 6. The lowest BCUT2D eigenvalue weighted by Crippen LogP contribution is -2.10. The number of benzene rings is 1. The number of nitrogens with two attached hydrogens (primary N) is 1. The minimum atomic E-state index is -0.0116. The van der Waals surface area contributed by atoms with Gasteiger partial charge in [-0.1, -0.05) is 19.1 Å². The van der Waals surface area contributed by atoms with Gasteiger partial charge in [-0.2, -0.15) is 0 Å². The fraction of sp³-hybridized carbons (Fsp3) is 0.312. The molecule has 0 saturated heterocycles. The molecular weight excluding hydrogens is 252 g/mol. The van der Waals surface area contributed by atoms with Crippen molar-refractivity contribution >= 4 is 0 Å². The summed E-state index contributed by atoms with van der Waals surface area (Å²) in [7, 11) is 1.65. The van der Waals surface area contributed by atoms with E-state index in [9.17, 15) is 0 Å². The van der Waals surface area contributed by atoms with Crippen LogP contribution in [0.15, 0.2) is 42.6 Å².